The lowest BCUT2D eigenvalue weighted by Gasteiger charge is -2.16. The summed E-state index contributed by atoms with van der Waals surface area (Å²) in [5, 5.41) is 4.13. The van der Waals surface area contributed by atoms with Gasteiger partial charge in [-0.3, -0.25) is 4.79 Å². The third-order valence-electron chi connectivity index (χ3n) is 5.04. The number of aromatic nitrogens is 2. The van der Waals surface area contributed by atoms with Gasteiger partial charge in [0, 0.05) is 43.9 Å². The first-order valence-corrected chi connectivity index (χ1v) is 10.0. The number of amides is 1. The summed E-state index contributed by atoms with van der Waals surface area (Å²) in [6.07, 6.45) is 5.58. The predicted molar refractivity (Wildman–Crippen MR) is 110 cm³/mol. The first-order valence-electron chi connectivity index (χ1n) is 10.0. The Morgan fingerprint density at radius 1 is 1.21 bits per heavy atom. The third-order valence-corrected chi connectivity index (χ3v) is 5.04. The van der Waals surface area contributed by atoms with Crippen LogP contribution in [0.5, 0.6) is 5.88 Å². The van der Waals surface area contributed by atoms with Crippen LogP contribution in [0.15, 0.2) is 59.3 Å². The summed E-state index contributed by atoms with van der Waals surface area (Å²) in [6, 6.07) is 15.4. The Labute approximate surface area is 170 Å². The molecule has 1 saturated carbocycles. The van der Waals surface area contributed by atoms with Crippen molar-refractivity contribution < 1.29 is 14.1 Å². The molecule has 0 spiro atoms. The molecule has 1 aliphatic rings. The van der Waals surface area contributed by atoms with Crippen molar-refractivity contribution in [3.05, 3.63) is 66.1 Å². The number of hydrogen-bond acceptors (Lipinski definition) is 5. The maximum absolute atomic E-state index is 12.6. The van der Waals surface area contributed by atoms with Crippen molar-refractivity contribution in [3.63, 3.8) is 0 Å². The van der Waals surface area contributed by atoms with E-state index in [4.69, 9.17) is 9.26 Å². The molecule has 2 heterocycles. The van der Waals surface area contributed by atoms with E-state index >= 15 is 0 Å². The van der Waals surface area contributed by atoms with Crippen LogP contribution in [-0.2, 0) is 6.42 Å². The van der Waals surface area contributed by atoms with Gasteiger partial charge in [0.25, 0.3) is 5.91 Å². The zero-order chi connectivity index (χ0) is 20.1. The van der Waals surface area contributed by atoms with Crippen LogP contribution < -0.4 is 4.74 Å². The molecular formula is C23H25N3O3. The molecule has 0 unspecified atom stereocenters. The Balaban J connectivity index is 1.24. The summed E-state index contributed by atoms with van der Waals surface area (Å²) in [5.41, 5.74) is 2.43. The minimum Gasteiger partial charge on any atom is -0.477 e. The number of nitrogens with zero attached hydrogens (tertiary/aromatic N) is 3. The van der Waals surface area contributed by atoms with Gasteiger partial charge in [-0.25, -0.2) is 4.98 Å². The van der Waals surface area contributed by atoms with Crippen molar-refractivity contribution in [1.29, 1.82) is 0 Å². The molecule has 150 valence electrons. The summed E-state index contributed by atoms with van der Waals surface area (Å²) in [5.74, 6) is 2.03. The van der Waals surface area contributed by atoms with Gasteiger partial charge in [-0.2, -0.15) is 0 Å². The van der Waals surface area contributed by atoms with E-state index in [0.717, 1.165) is 29.9 Å². The van der Waals surface area contributed by atoms with Crippen molar-refractivity contribution in [2.24, 2.45) is 5.92 Å². The van der Waals surface area contributed by atoms with Gasteiger partial charge < -0.3 is 14.2 Å². The Bertz CT molecular complexity index is 934. The normalized spacial score (nSPS) is 13.3. The molecule has 6 heteroatoms. The molecule has 3 aromatic rings. The molecule has 1 aromatic carbocycles. The lowest BCUT2D eigenvalue weighted by atomic mass is 10.1. The lowest BCUT2D eigenvalue weighted by Crippen LogP contribution is -2.28. The molecule has 2 aromatic heterocycles. The van der Waals surface area contributed by atoms with E-state index in [2.05, 4.69) is 10.1 Å². The van der Waals surface area contributed by atoms with E-state index in [1.807, 2.05) is 36.4 Å². The topological polar surface area (TPSA) is 68.5 Å². The fraction of sp³-hybridized carbons (Fsp3) is 0.348. The SMILES string of the molecule is CN(CCCc1cc(-c2ccccc2)no1)C(=O)c1ccc(OCC2CC2)nc1. The molecule has 29 heavy (non-hydrogen) atoms. The van der Waals surface area contributed by atoms with E-state index in [-0.39, 0.29) is 5.91 Å². The predicted octanol–water partition coefficient (Wildman–Crippen LogP) is 4.23. The highest BCUT2D eigenvalue weighted by Crippen LogP contribution is 2.29. The van der Waals surface area contributed by atoms with Crippen LogP contribution >= 0.6 is 0 Å². The molecule has 1 amide bonds. The van der Waals surface area contributed by atoms with Gasteiger partial charge in [0.15, 0.2) is 0 Å². The fourth-order valence-corrected chi connectivity index (χ4v) is 3.07. The molecule has 0 bridgehead atoms. The number of benzene rings is 1. The van der Waals surface area contributed by atoms with Crippen LogP contribution in [-0.4, -0.2) is 41.1 Å². The Hall–Kier alpha value is -3.15. The van der Waals surface area contributed by atoms with E-state index < -0.39 is 0 Å². The van der Waals surface area contributed by atoms with Crippen molar-refractivity contribution >= 4 is 5.91 Å². The minimum absolute atomic E-state index is 0.0474. The average molecular weight is 391 g/mol. The number of carbonyl (C=O) groups is 1. The average Bonchev–Trinajstić information content (AvgIpc) is 3.48. The van der Waals surface area contributed by atoms with Gasteiger partial charge in [-0.05, 0) is 31.2 Å². The second-order valence-corrected chi connectivity index (χ2v) is 7.51. The molecule has 1 aliphatic carbocycles. The molecule has 1 fully saturated rings. The first-order chi connectivity index (χ1) is 14.2. The third kappa shape index (κ3) is 5.22. The molecule has 6 nitrogen and oxygen atoms in total. The largest absolute Gasteiger partial charge is 0.477 e. The molecular weight excluding hydrogens is 366 g/mol. The zero-order valence-corrected chi connectivity index (χ0v) is 16.6. The van der Waals surface area contributed by atoms with Gasteiger partial charge in [-0.1, -0.05) is 35.5 Å². The highest BCUT2D eigenvalue weighted by Gasteiger charge is 2.22. The molecule has 0 saturated heterocycles. The summed E-state index contributed by atoms with van der Waals surface area (Å²) in [7, 11) is 1.80. The van der Waals surface area contributed by atoms with Crippen molar-refractivity contribution in [2.75, 3.05) is 20.2 Å². The van der Waals surface area contributed by atoms with Crippen LogP contribution in [0.1, 0.15) is 35.4 Å². The fourth-order valence-electron chi connectivity index (χ4n) is 3.07. The molecule has 0 N–H and O–H groups in total. The number of hydrogen-bond donors (Lipinski definition) is 0. The minimum atomic E-state index is -0.0474. The van der Waals surface area contributed by atoms with Crippen molar-refractivity contribution in [2.45, 2.75) is 25.7 Å². The number of pyridine rings is 1. The molecule has 0 atom stereocenters. The quantitative estimate of drug-likeness (QED) is 0.546. The summed E-state index contributed by atoms with van der Waals surface area (Å²) < 4.78 is 11.0. The van der Waals surface area contributed by atoms with E-state index in [0.29, 0.717) is 30.5 Å². The molecule has 0 aliphatic heterocycles. The van der Waals surface area contributed by atoms with Crippen LogP contribution in [0.25, 0.3) is 11.3 Å². The number of carbonyl (C=O) groups excluding carboxylic acids is 1. The van der Waals surface area contributed by atoms with Gasteiger partial charge in [0.1, 0.15) is 11.5 Å². The van der Waals surface area contributed by atoms with E-state index in [1.165, 1.54) is 12.8 Å². The van der Waals surface area contributed by atoms with Crippen LogP contribution in [0.2, 0.25) is 0 Å². The number of ether oxygens (including phenoxy) is 1. The Kier molecular flexibility index (Phi) is 5.89. The Morgan fingerprint density at radius 2 is 2.03 bits per heavy atom. The monoisotopic (exact) mass is 391 g/mol. The van der Waals surface area contributed by atoms with Crippen LogP contribution in [0.4, 0.5) is 0 Å². The summed E-state index contributed by atoms with van der Waals surface area (Å²) in [6.45, 7) is 1.34. The highest BCUT2D eigenvalue weighted by molar-refractivity contribution is 5.93. The van der Waals surface area contributed by atoms with E-state index in [9.17, 15) is 4.79 Å². The van der Waals surface area contributed by atoms with Crippen molar-refractivity contribution in [1.82, 2.24) is 15.0 Å². The maximum Gasteiger partial charge on any atom is 0.255 e. The number of aryl methyl sites for hydroxylation is 1. The second kappa shape index (κ2) is 8.90. The van der Waals surface area contributed by atoms with Gasteiger partial charge in [-0.15, -0.1) is 0 Å². The van der Waals surface area contributed by atoms with Crippen LogP contribution in [0, 0.1) is 5.92 Å². The summed E-state index contributed by atoms with van der Waals surface area (Å²) in [4.78, 5) is 18.5. The molecule has 4 rings (SSSR count). The second-order valence-electron chi connectivity index (χ2n) is 7.51. The Morgan fingerprint density at radius 3 is 2.76 bits per heavy atom. The summed E-state index contributed by atoms with van der Waals surface area (Å²) >= 11 is 0. The van der Waals surface area contributed by atoms with Crippen LogP contribution in [0.3, 0.4) is 0 Å². The standard InChI is InChI=1S/C23H25N3O3/c1-26(23(27)19-11-12-22(24-15-19)28-16-17-9-10-17)13-5-8-20-14-21(25-29-20)18-6-3-2-4-7-18/h2-4,6-7,11-12,14-15,17H,5,8-10,13,16H2,1H3. The van der Waals surface area contributed by atoms with Gasteiger partial charge >= 0.3 is 0 Å². The maximum atomic E-state index is 12.6. The lowest BCUT2D eigenvalue weighted by molar-refractivity contribution is 0.0792. The smallest absolute Gasteiger partial charge is 0.255 e. The zero-order valence-electron chi connectivity index (χ0n) is 16.6. The van der Waals surface area contributed by atoms with Crippen molar-refractivity contribution in [3.8, 4) is 17.1 Å². The molecule has 0 radical (unpaired) electrons. The van der Waals surface area contributed by atoms with Gasteiger partial charge in [0.2, 0.25) is 5.88 Å². The highest BCUT2D eigenvalue weighted by atomic mass is 16.5. The number of rotatable bonds is 9. The van der Waals surface area contributed by atoms with E-state index in [1.54, 1.807) is 30.3 Å². The first kappa shape index (κ1) is 19.2. The van der Waals surface area contributed by atoms with Gasteiger partial charge in [0.05, 0.1) is 12.2 Å².